The van der Waals surface area contributed by atoms with E-state index in [1.807, 2.05) is 24.3 Å². The summed E-state index contributed by atoms with van der Waals surface area (Å²) in [5, 5.41) is 0.446. The first-order valence-electron chi connectivity index (χ1n) is 7.58. The number of ether oxygens (including phenoxy) is 1. The van der Waals surface area contributed by atoms with E-state index < -0.39 is 5.82 Å². The predicted molar refractivity (Wildman–Crippen MR) is 90.6 cm³/mol. The Labute approximate surface area is 139 Å². The van der Waals surface area contributed by atoms with Crippen molar-refractivity contribution in [2.45, 2.75) is 23.5 Å². The quantitative estimate of drug-likeness (QED) is 0.847. The van der Waals surface area contributed by atoms with Gasteiger partial charge in [-0.15, -0.1) is 11.8 Å². The van der Waals surface area contributed by atoms with Crippen LogP contribution < -0.4 is 9.64 Å². The summed E-state index contributed by atoms with van der Waals surface area (Å²) in [5.41, 5.74) is 0.906. The molecule has 0 N–H and O–H groups in total. The maximum Gasteiger partial charge on any atom is 0.264 e. The van der Waals surface area contributed by atoms with Crippen molar-refractivity contribution in [1.82, 2.24) is 0 Å². The van der Waals surface area contributed by atoms with E-state index in [1.165, 1.54) is 12.1 Å². The lowest BCUT2D eigenvalue weighted by Gasteiger charge is -2.22. The zero-order valence-electron chi connectivity index (χ0n) is 12.9. The third-order valence-corrected chi connectivity index (χ3v) is 4.97. The van der Waals surface area contributed by atoms with Crippen LogP contribution in [0.1, 0.15) is 13.3 Å². The minimum atomic E-state index is -0.458. The number of rotatable bonds is 3. The first-order chi connectivity index (χ1) is 11.1. The van der Waals surface area contributed by atoms with Gasteiger partial charge in [0.05, 0.1) is 5.69 Å². The molecule has 120 valence electrons. The van der Waals surface area contributed by atoms with Crippen LogP contribution in [0, 0.1) is 5.82 Å². The monoisotopic (exact) mass is 331 g/mol. The number of anilines is 1. The first-order valence-corrected chi connectivity index (χ1v) is 8.46. The van der Waals surface area contributed by atoms with Gasteiger partial charge in [0.1, 0.15) is 0 Å². The molecule has 1 amide bonds. The van der Waals surface area contributed by atoms with Gasteiger partial charge in [-0.3, -0.25) is 4.79 Å². The van der Waals surface area contributed by atoms with Crippen LogP contribution >= 0.6 is 11.8 Å². The molecule has 0 saturated heterocycles. The molecule has 0 unspecified atom stereocenters. The van der Waals surface area contributed by atoms with Gasteiger partial charge in [0.2, 0.25) is 0 Å². The number of para-hydroxylation sites is 2. The van der Waals surface area contributed by atoms with Crippen LogP contribution in [0.5, 0.6) is 5.75 Å². The van der Waals surface area contributed by atoms with Crippen molar-refractivity contribution in [2.24, 2.45) is 0 Å². The fourth-order valence-corrected chi connectivity index (χ4v) is 3.64. The van der Waals surface area contributed by atoms with E-state index >= 15 is 0 Å². The average molecular weight is 331 g/mol. The van der Waals surface area contributed by atoms with E-state index in [0.717, 1.165) is 17.0 Å². The van der Waals surface area contributed by atoms with Gasteiger partial charge in [0, 0.05) is 16.7 Å². The number of halogens is 1. The molecule has 1 aliphatic rings. The maximum absolute atomic E-state index is 13.6. The topological polar surface area (TPSA) is 29.5 Å². The van der Waals surface area contributed by atoms with Gasteiger partial charge in [0.15, 0.2) is 18.2 Å². The standard InChI is InChI=1S/C18H18FNO2S/c1-13-10-11-20(15-7-3-5-9-17(15)23-13)18(21)12-22-16-8-4-2-6-14(16)19/h2-9,13H,10-12H2,1H3/t13-/m1/s1. The van der Waals surface area contributed by atoms with E-state index in [2.05, 4.69) is 6.92 Å². The number of benzene rings is 2. The third-order valence-electron chi connectivity index (χ3n) is 3.73. The van der Waals surface area contributed by atoms with Crippen LogP contribution in [-0.4, -0.2) is 24.3 Å². The second kappa shape index (κ2) is 7.04. The summed E-state index contributed by atoms with van der Waals surface area (Å²) in [5.74, 6) is -0.511. The molecule has 1 aliphatic heterocycles. The summed E-state index contributed by atoms with van der Waals surface area (Å²) < 4.78 is 18.9. The van der Waals surface area contributed by atoms with Gasteiger partial charge < -0.3 is 9.64 Å². The lowest BCUT2D eigenvalue weighted by atomic mass is 10.2. The van der Waals surface area contributed by atoms with Crippen molar-refractivity contribution in [3.63, 3.8) is 0 Å². The maximum atomic E-state index is 13.6. The van der Waals surface area contributed by atoms with Crippen LogP contribution in [-0.2, 0) is 4.79 Å². The van der Waals surface area contributed by atoms with Crippen molar-refractivity contribution in [2.75, 3.05) is 18.1 Å². The van der Waals surface area contributed by atoms with Crippen molar-refractivity contribution < 1.29 is 13.9 Å². The Bertz CT molecular complexity index is 707. The summed E-state index contributed by atoms with van der Waals surface area (Å²) in [6.45, 7) is 2.63. The molecular weight excluding hydrogens is 313 g/mol. The fourth-order valence-electron chi connectivity index (χ4n) is 2.53. The summed E-state index contributed by atoms with van der Waals surface area (Å²) in [6, 6.07) is 14.0. The number of hydrogen-bond donors (Lipinski definition) is 0. The van der Waals surface area contributed by atoms with E-state index in [0.29, 0.717) is 11.8 Å². The van der Waals surface area contributed by atoms with Crippen LogP contribution in [0.3, 0.4) is 0 Å². The summed E-state index contributed by atoms with van der Waals surface area (Å²) in [6.07, 6.45) is 0.908. The van der Waals surface area contributed by atoms with E-state index in [9.17, 15) is 9.18 Å². The third kappa shape index (κ3) is 3.67. The zero-order chi connectivity index (χ0) is 16.2. The summed E-state index contributed by atoms with van der Waals surface area (Å²) in [7, 11) is 0. The molecule has 0 fully saturated rings. The van der Waals surface area contributed by atoms with Crippen molar-refractivity contribution in [3.8, 4) is 5.75 Å². The molecule has 23 heavy (non-hydrogen) atoms. The van der Waals surface area contributed by atoms with E-state index in [-0.39, 0.29) is 18.3 Å². The second-order valence-corrected chi connectivity index (χ2v) is 6.93. The highest BCUT2D eigenvalue weighted by Gasteiger charge is 2.24. The van der Waals surface area contributed by atoms with Crippen molar-refractivity contribution >= 4 is 23.4 Å². The number of fused-ring (bicyclic) bond motifs is 1. The molecule has 1 heterocycles. The van der Waals surface area contributed by atoms with Gasteiger partial charge in [-0.1, -0.05) is 31.2 Å². The highest BCUT2D eigenvalue weighted by atomic mass is 32.2. The molecule has 3 nitrogen and oxygen atoms in total. The molecule has 0 radical (unpaired) electrons. The smallest absolute Gasteiger partial charge is 0.264 e. The van der Waals surface area contributed by atoms with Crippen LogP contribution in [0.4, 0.5) is 10.1 Å². The molecule has 0 spiro atoms. The van der Waals surface area contributed by atoms with Gasteiger partial charge in [0.25, 0.3) is 5.91 Å². The Morgan fingerprint density at radius 3 is 2.83 bits per heavy atom. The fraction of sp³-hybridized carbons (Fsp3) is 0.278. The van der Waals surface area contributed by atoms with Crippen LogP contribution in [0.2, 0.25) is 0 Å². The van der Waals surface area contributed by atoms with Crippen LogP contribution in [0.15, 0.2) is 53.4 Å². The van der Waals surface area contributed by atoms with E-state index in [1.54, 1.807) is 28.8 Å². The van der Waals surface area contributed by atoms with Crippen molar-refractivity contribution in [1.29, 1.82) is 0 Å². The molecule has 0 aliphatic carbocycles. The summed E-state index contributed by atoms with van der Waals surface area (Å²) in [4.78, 5) is 15.4. The number of hydrogen-bond acceptors (Lipinski definition) is 3. The number of thioether (sulfide) groups is 1. The van der Waals surface area contributed by atoms with Gasteiger partial charge in [-0.2, -0.15) is 0 Å². The van der Waals surface area contributed by atoms with Gasteiger partial charge in [-0.05, 0) is 30.7 Å². The molecule has 0 aromatic heterocycles. The number of carbonyl (C=O) groups is 1. The van der Waals surface area contributed by atoms with Crippen LogP contribution in [0.25, 0.3) is 0 Å². The average Bonchev–Trinajstić information content (AvgIpc) is 2.72. The first kappa shape index (κ1) is 15.9. The highest BCUT2D eigenvalue weighted by Crippen LogP contribution is 2.37. The van der Waals surface area contributed by atoms with Gasteiger partial charge in [-0.25, -0.2) is 4.39 Å². The Kier molecular flexibility index (Phi) is 4.86. The Hall–Kier alpha value is -2.01. The molecule has 2 aromatic rings. The molecular formula is C18H18FNO2S. The molecule has 5 heteroatoms. The number of nitrogens with zero attached hydrogens (tertiary/aromatic N) is 1. The molecule has 0 bridgehead atoms. The summed E-state index contributed by atoms with van der Waals surface area (Å²) >= 11 is 1.78. The Morgan fingerprint density at radius 2 is 2.00 bits per heavy atom. The van der Waals surface area contributed by atoms with Gasteiger partial charge >= 0.3 is 0 Å². The Morgan fingerprint density at radius 1 is 1.26 bits per heavy atom. The molecule has 0 saturated carbocycles. The predicted octanol–water partition coefficient (Wildman–Crippen LogP) is 4.12. The number of carbonyl (C=O) groups excluding carboxylic acids is 1. The minimum absolute atomic E-state index is 0.103. The SMILES string of the molecule is C[C@@H]1CCN(C(=O)COc2ccccc2F)c2ccccc2S1. The number of amides is 1. The lowest BCUT2D eigenvalue weighted by Crippen LogP contribution is -2.36. The highest BCUT2D eigenvalue weighted by molar-refractivity contribution is 8.00. The largest absolute Gasteiger partial charge is 0.481 e. The molecule has 2 aromatic carbocycles. The minimum Gasteiger partial charge on any atom is -0.481 e. The second-order valence-electron chi connectivity index (χ2n) is 5.45. The zero-order valence-corrected chi connectivity index (χ0v) is 13.7. The van der Waals surface area contributed by atoms with Crippen molar-refractivity contribution in [3.05, 3.63) is 54.3 Å². The lowest BCUT2D eigenvalue weighted by molar-refractivity contribution is -0.120. The van der Waals surface area contributed by atoms with E-state index in [4.69, 9.17) is 4.74 Å². The molecule has 1 atom stereocenters. The Balaban J connectivity index is 1.75. The molecule has 3 rings (SSSR count). The normalized spacial score (nSPS) is 17.3.